The number of ether oxygens (including phenoxy) is 1. The van der Waals surface area contributed by atoms with Gasteiger partial charge in [-0.1, -0.05) is 0 Å². The molecule has 2 heterocycles. The zero-order valence-electron chi connectivity index (χ0n) is 15.0. The van der Waals surface area contributed by atoms with E-state index in [1.54, 1.807) is 11.3 Å². The van der Waals surface area contributed by atoms with Crippen LogP contribution >= 0.6 is 11.3 Å². The number of nitrogens with one attached hydrogen (secondary N) is 1. The van der Waals surface area contributed by atoms with Crippen LogP contribution in [0.3, 0.4) is 0 Å². The zero-order valence-corrected chi connectivity index (χ0v) is 15.9. The van der Waals surface area contributed by atoms with Gasteiger partial charge in [-0.05, 0) is 54.4 Å². The number of carbonyl (C=O) groups excluding carboxylic acids is 1. The Hall–Kier alpha value is -1.14. The highest BCUT2D eigenvalue weighted by molar-refractivity contribution is 7.09. The van der Waals surface area contributed by atoms with E-state index >= 15 is 0 Å². The van der Waals surface area contributed by atoms with Crippen molar-refractivity contribution in [3.63, 3.8) is 0 Å². The van der Waals surface area contributed by atoms with Crippen LogP contribution in [0.15, 0.2) is 5.38 Å². The molecule has 1 aliphatic heterocycles. The fraction of sp³-hybridized carbons (Fsp3) is 0.765. The van der Waals surface area contributed by atoms with Gasteiger partial charge >= 0.3 is 6.09 Å². The minimum Gasteiger partial charge on any atom is -0.444 e. The van der Waals surface area contributed by atoms with E-state index in [-0.39, 0.29) is 24.2 Å². The predicted octanol–water partition coefficient (Wildman–Crippen LogP) is 3.89. The molecule has 0 saturated carbocycles. The SMILES string of the molecule is Cc1nc(C(C)NC2CCCN(C(=O)OC(C)(C)C)C2C)cs1. The molecule has 0 aliphatic carbocycles. The van der Waals surface area contributed by atoms with Gasteiger partial charge in [0, 0.05) is 30.1 Å². The molecule has 1 fully saturated rings. The quantitative estimate of drug-likeness (QED) is 0.908. The fourth-order valence-electron chi connectivity index (χ4n) is 2.93. The minimum atomic E-state index is -0.456. The summed E-state index contributed by atoms with van der Waals surface area (Å²) >= 11 is 1.67. The van der Waals surface area contributed by atoms with Gasteiger partial charge in [-0.2, -0.15) is 0 Å². The molecule has 1 saturated heterocycles. The molecule has 0 spiro atoms. The summed E-state index contributed by atoms with van der Waals surface area (Å²) in [6.45, 7) is 12.7. The van der Waals surface area contributed by atoms with Gasteiger partial charge in [-0.15, -0.1) is 11.3 Å². The molecule has 0 radical (unpaired) electrons. The van der Waals surface area contributed by atoms with Crippen LogP contribution in [0.2, 0.25) is 0 Å². The first kappa shape index (κ1) is 18.2. The summed E-state index contributed by atoms with van der Waals surface area (Å²) in [5.74, 6) is 0. The number of aryl methyl sites for hydroxylation is 1. The van der Waals surface area contributed by atoms with Gasteiger partial charge in [0.2, 0.25) is 0 Å². The summed E-state index contributed by atoms with van der Waals surface area (Å²) < 4.78 is 5.54. The van der Waals surface area contributed by atoms with E-state index in [1.807, 2.05) is 32.6 Å². The topological polar surface area (TPSA) is 54.5 Å². The highest BCUT2D eigenvalue weighted by atomic mass is 32.1. The van der Waals surface area contributed by atoms with Crippen molar-refractivity contribution < 1.29 is 9.53 Å². The molecule has 0 bridgehead atoms. The predicted molar refractivity (Wildman–Crippen MR) is 93.8 cm³/mol. The second kappa shape index (κ2) is 7.18. The van der Waals surface area contributed by atoms with E-state index < -0.39 is 5.60 Å². The number of rotatable bonds is 3. The van der Waals surface area contributed by atoms with Crippen LogP contribution in [-0.2, 0) is 4.74 Å². The van der Waals surface area contributed by atoms with Gasteiger partial charge < -0.3 is 15.0 Å². The van der Waals surface area contributed by atoms with E-state index in [0.717, 1.165) is 30.1 Å². The number of thiazole rings is 1. The summed E-state index contributed by atoms with van der Waals surface area (Å²) in [5, 5.41) is 6.83. The molecule has 0 aromatic carbocycles. The van der Waals surface area contributed by atoms with Crippen LogP contribution in [0.5, 0.6) is 0 Å². The number of hydrogen-bond acceptors (Lipinski definition) is 5. The van der Waals surface area contributed by atoms with Crippen molar-refractivity contribution in [2.75, 3.05) is 6.54 Å². The molecule has 5 nitrogen and oxygen atoms in total. The molecular formula is C17H29N3O2S. The molecule has 1 aromatic rings. The Bertz CT molecular complexity index is 538. The molecule has 130 valence electrons. The second-order valence-electron chi connectivity index (χ2n) is 7.34. The van der Waals surface area contributed by atoms with Gasteiger partial charge in [0.25, 0.3) is 0 Å². The lowest BCUT2D eigenvalue weighted by Gasteiger charge is -2.41. The maximum absolute atomic E-state index is 12.4. The monoisotopic (exact) mass is 339 g/mol. The van der Waals surface area contributed by atoms with Gasteiger partial charge in [-0.3, -0.25) is 0 Å². The lowest BCUT2D eigenvalue weighted by atomic mass is 9.97. The highest BCUT2D eigenvalue weighted by Gasteiger charge is 2.34. The van der Waals surface area contributed by atoms with E-state index in [2.05, 4.69) is 29.5 Å². The second-order valence-corrected chi connectivity index (χ2v) is 8.41. The third kappa shape index (κ3) is 4.91. The van der Waals surface area contributed by atoms with Gasteiger partial charge in [0.15, 0.2) is 0 Å². The number of piperidine rings is 1. The van der Waals surface area contributed by atoms with Crippen LogP contribution in [0.25, 0.3) is 0 Å². The third-order valence-electron chi connectivity index (χ3n) is 4.16. The summed E-state index contributed by atoms with van der Waals surface area (Å²) in [7, 11) is 0. The number of hydrogen-bond donors (Lipinski definition) is 1. The minimum absolute atomic E-state index is 0.112. The average Bonchev–Trinajstić information content (AvgIpc) is 2.86. The van der Waals surface area contributed by atoms with E-state index in [4.69, 9.17) is 4.74 Å². The fourth-order valence-corrected chi connectivity index (χ4v) is 3.64. The summed E-state index contributed by atoms with van der Waals surface area (Å²) in [4.78, 5) is 18.8. The first-order valence-corrected chi connectivity index (χ1v) is 9.23. The number of aromatic nitrogens is 1. The van der Waals surface area contributed by atoms with Gasteiger partial charge in [0.1, 0.15) is 5.60 Å². The van der Waals surface area contributed by atoms with Crippen LogP contribution in [0.4, 0.5) is 4.79 Å². The maximum atomic E-state index is 12.4. The molecule has 3 atom stereocenters. The van der Waals surface area contributed by atoms with Crippen molar-refractivity contribution in [1.29, 1.82) is 0 Å². The Morgan fingerprint density at radius 3 is 2.78 bits per heavy atom. The third-order valence-corrected chi connectivity index (χ3v) is 4.95. The number of carbonyl (C=O) groups is 1. The number of likely N-dealkylation sites (tertiary alicyclic amines) is 1. The Morgan fingerprint density at radius 1 is 1.52 bits per heavy atom. The number of amides is 1. The Balaban J connectivity index is 1.99. The normalized spacial score (nSPS) is 23.7. The molecule has 3 unspecified atom stereocenters. The standard InChI is InChI=1S/C17H29N3O2S/c1-11(15-10-23-13(3)19-15)18-14-8-7-9-20(12(14)2)16(21)22-17(4,5)6/h10-12,14,18H,7-9H2,1-6H3. The van der Waals surface area contributed by atoms with Crippen molar-refractivity contribution >= 4 is 17.4 Å². The molecule has 1 aliphatic rings. The van der Waals surface area contributed by atoms with Crippen molar-refractivity contribution in [1.82, 2.24) is 15.2 Å². The summed E-state index contributed by atoms with van der Waals surface area (Å²) in [6.07, 6.45) is 1.84. The van der Waals surface area contributed by atoms with E-state index in [0.29, 0.717) is 0 Å². The van der Waals surface area contributed by atoms with Gasteiger partial charge in [-0.25, -0.2) is 9.78 Å². The Morgan fingerprint density at radius 2 is 2.22 bits per heavy atom. The summed E-state index contributed by atoms with van der Waals surface area (Å²) in [5.41, 5.74) is 0.622. The highest BCUT2D eigenvalue weighted by Crippen LogP contribution is 2.24. The smallest absolute Gasteiger partial charge is 0.410 e. The summed E-state index contributed by atoms with van der Waals surface area (Å²) in [6, 6.07) is 0.556. The number of nitrogens with zero attached hydrogens (tertiary/aromatic N) is 2. The van der Waals surface area contributed by atoms with Crippen molar-refractivity contribution in [2.24, 2.45) is 0 Å². The molecular weight excluding hydrogens is 310 g/mol. The van der Waals surface area contributed by atoms with Crippen LogP contribution in [0.1, 0.15) is 64.2 Å². The zero-order chi connectivity index (χ0) is 17.2. The molecule has 1 N–H and O–H groups in total. The van der Waals surface area contributed by atoms with Crippen LogP contribution in [0, 0.1) is 6.92 Å². The van der Waals surface area contributed by atoms with Crippen LogP contribution < -0.4 is 5.32 Å². The maximum Gasteiger partial charge on any atom is 0.410 e. The first-order chi connectivity index (χ1) is 10.7. The average molecular weight is 340 g/mol. The molecule has 1 amide bonds. The molecule has 2 rings (SSSR count). The van der Waals surface area contributed by atoms with Crippen molar-refractivity contribution in [2.45, 2.75) is 78.1 Å². The van der Waals surface area contributed by atoms with E-state index in [9.17, 15) is 4.79 Å². The van der Waals surface area contributed by atoms with Crippen molar-refractivity contribution in [3.8, 4) is 0 Å². The molecule has 1 aromatic heterocycles. The lowest BCUT2D eigenvalue weighted by Crippen LogP contribution is -2.55. The van der Waals surface area contributed by atoms with Crippen molar-refractivity contribution in [3.05, 3.63) is 16.1 Å². The molecule has 23 heavy (non-hydrogen) atoms. The Kier molecular flexibility index (Phi) is 5.68. The molecule has 6 heteroatoms. The largest absolute Gasteiger partial charge is 0.444 e. The Labute approximate surface area is 143 Å². The van der Waals surface area contributed by atoms with Gasteiger partial charge in [0.05, 0.1) is 10.7 Å². The van der Waals surface area contributed by atoms with Crippen LogP contribution in [-0.4, -0.2) is 40.2 Å². The first-order valence-electron chi connectivity index (χ1n) is 8.35. The van der Waals surface area contributed by atoms with E-state index in [1.165, 1.54) is 0 Å². The lowest BCUT2D eigenvalue weighted by molar-refractivity contribution is 0.00641.